The van der Waals surface area contributed by atoms with E-state index >= 15 is 0 Å². The van der Waals surface area contributed by atoms with Crippen molar-refractivity contribution in [3.05, 3.63) is 162 Å². The van der Waals surface area contributed by atoms with Crippen LogP contribution in [0.15, 0.2) is 146 Å². The molecular formula is C39H24F9O3P. The van der Waals surface area contributed by atoms with Crippen LogP contribution < -0.4 is 30.1 Å². The van der Waals surface area contributed by atoms with Gasteiger partial charge in [-0.15, -0.1) is 0 Å². The molecule has 0 spiro atoms. The molecule has 0 aromatic heterocycles. The number of para-hydroxylation sites is 3. The number of ether oxygens (including phenoxy) is 3. The minimum absolute atomic E-state index is 0.134. The molecule has 0 unspecified atom stereocenters. The first-order chi connectivity index (χ1) is 24.7. The average molecular weight is 743 g/mol. The molecule has 52 heavy (non-hydrogen) atoms. The molecule has 0 saturated heterocycles. The monoisotopic (exact) mass is 742 g/mol. The van der Waals surface area contributed by atoms with E-state index < -0.39 is 43.1 Å². The summed E-state index contributed by atoms with van der Waals surface area (Å²) in [7, 11) is -1.44. The first-order valence-electron chi connectivity index (χ1n) is 15.3. The van der Waals surface area contributed by atoms with E-state index in [-0.39, 0.29) is 34.5 Å². The second kappa shape index (κ2) is 14.6. The summed E-state index contributed by atoms with van der Waals surface area (Å²) in [5.74, 6) is -0.736. The van der Waals surface area contributed by atoms with E-state index in [2.05, 4.69) is 0 Å². The summed E-state index contributed by atoms with van der Waals surface area (Å²) in [6.07, 6.45) is -13.9. The lowest BCUT2D eigenvalue weighted by atomic mass is 10.2. The van der Waals surface area contributed by atoms with Gasteiger partial charge in [0.05, 0.1) is 16.7 Å². The molecule has 0 amide bonds. The Morgan fingerprint density at radius 2 is 0.538 bits per heavy atom. The Kier molecular flexibility index (Phi) is 10.2. The first-order valence-corrected chi connectivity index (χ1v) is 16.6. The number of alkyl halides is 9. The Hall–Kier alpha value is -5.48. The fraction of sp³-hybridized carbons (Fsp3) is 0.0769. The maximum absolute atomic E-state index is 13.5. The highest BCUT2D eigenvalue weighted by molar-refractivity contribution is 7.79. The smallest absolute Gasteiger partial charge is 0.419 e. The summed E-state index contributed by atoms with van der Waals surface area (Å²) in [5, 5.41) is 2.12. The van der Waals surface area contributed by atoms with Crippen LogP contribution in [0.4, 0.5) is 39.5 Å². The molecule has 0 radical (unpaired) electrons. The van der Waals surface area contributed by atoms with Gasteiger partial charge in [0.15, 0.2) is 0 Å². The number of rotatable bonds is 9. The molecule has 6 aromatic carbocycles. The van der Waals surface area contributed by atoms with E-state index in [9.17, 15) is 39.5 Å². The van der Waals surface area contributed by atoms with Gasteiger partial charge in [-0.3, -0.25) is 0 Å². The van der Waals surface area contributed by atoms with Crippen LogP contribution in [0.5, 0.6) is 34.5 Å². The number of halogens is 9. The predicted molar refractivity (Wildman–Crippen MR) is 180 cm³/mol. The van der Waals surface area contributed by atoms with Gasteiger partial charge >= 0.3 is 18.5 Å². The molecule has 13 heteroatoms. The van der Waals surface area contributed by atoms with Crippen molar-refractivity contribution in [1.82, 2.24) is 0 Å². The molecule has 266 valence electrons. The van der Waals surface area contributed by atoms with Gasteiger partial charge in [-0.1, -0.05) is 72.8 Å². The van der Waals surface area contributed by atoms with Crippen molar-refractivity contribution in [2.75, 3.05) is 0 Å². The molecule has 0 bridgehead atoms. The molecular weight excluding hydrogens is 718 g/mol. The minimum Gasteiger partial charge on any atom is -0.457 e. The van der Waals surface area contributed by atoms with Gasteiger partial charge in [-0.25, -0.2) is 0 Å². The third-order valence-corrected chi connectivity index (χ3v) is 9.99. The van der Waals surface area contributed by atoms with E-state index in [1.165, 1.54) is 91.0 Å². The van der Waals surface area contributed by atoms with Crippen LogP contribution >= 0.6 is 7.92 Å². The Bertz CT molecular complexity index is 1880. The van der Waals surface area contributed by atoms with Gasteiger partial charge in [-0.05, 0) is 96.6 Å². The topological polar surface area (TPSA) is 27.7 Å². The molecule has 0 aliphatic carbocycles. The highest BCUT2D eigenvalue weighted by Gasteiger charge is 2.36. The number of hydrogen-bond donors (Lipinski definition) is 0. The molecule has 3 nitrogen and oxygen atoms in total. The summed E-state index contributed by atoms with van der Waals surface area (Å²) in [6, 6.07) is 33.4. The standard InChI is InChI=1S/C39H24F9O3P/c40-37(41,42)31-7-1-4-10-34(31)49-25-13-19-28(20-14-25)52(29-21-15-26(16-22-29)50-35-11-5-2-8-32(35)38(43,44)45)30-23-17-27(18-24-30)51-36-12-6-3-9-33(36)39(46,47)48/h1-24H. The zero-order chi connectivity index (χ0) is 37.1. The van der Waals surface area contributed by atoms with E-state index in [1.807, 2.05) is 0 Å². The van der Waals surface area contributed by atoms with Crippen LogP contribution in [0.25, 0.3) is 0 Å². The second-order valence-electron chi connectivity index (χ2n) is 11.1. The normalized spacial score (nSPS) is 12.1. The predicted octanol–water partition coefficient (Wildman–Crippen LogP) is 11.9. The van der Waals surface area contributed by atoms with Crippen LogP contribution in [0.3, 0.4) is 0 Å². The van der Waals surface area contributed by atoms with Gasteiger partial charge in [0.25, 0.3) is 0 Å². The minimum atomic E-state index is -4.64. The highest BCUT2D eigenvalue weighted by Crippen LogP contribution is 2.42. The fourth-order valence-electron chi connectivity index (χ4n) is 5.19. The van der Waals surface area contributed by atoms with Gasteiger partial charge in [0.1, 0.15) is 34.5 Å². The van der Waals surface area contributed by atoms with Crippen molar-refractivity contribution in [3.8, 4) is 34.5 Å². The molecule has 0 fully saturated rings. The summed E-state index contributed by atoms with van der Waals surface area (Å²) >= 11 is 0. The Morgan fingerprint density at radius 1 is 0.308 bits per heavy atom. The van der Waals surface area contributed by atoms with Crippen molar-refractivity contribution >= 4 is 23.8 Å². The van der Waals surface area contributed by atoms with E-state index in [0.29, 0.717) is 15.9 Å². The van der Waals surface area contributed by atoms with Crippen molar-refractivity contribution in [1.29, 1.82) is 0 Å². The Labute approximate surface area is 292 Å². The van der Waals surface area contributed by atoms with Crippen molar-refractivity contribution in [2.24, 2.45) is 0 Å². The fourth-order valence-corrected chi connectivity index (χ4v) is 7.42. The third-order valence-electron chi connectivity index (χ3n) is 7.55. The third kappa shape index (κ3) is 8.51. The molecule has 0 aliphatic rings. The SMILES string of the molecule is FC(F)(F)c1ccccc1Oc1ccc(P(c2ccc(Oc3ccccc3C(F)(F)F)cc2)c2ccc(Oc3ccccc3C(F)(F)F)cc2)cc1. The quantitative estimate of drug-likeness (QED) is 0.109. The molecule has 6 rings (SSSR count). The van der Waals surface area contributed by atoms with Gasteiger partial charge in [-0.2, -0.15) is 39.5 Å². The lowest BCUT2D eigenvalue weighted by molar-refractivity contribution is -0.139. The second-order valence-corrected chi connectivity index (χ2v) is 13.3. The van der Waals surface area contributed by atoms with Gasteiger partial charge in [0.2, 0.25) is 0 Å². The lowest BCUT2D eigenvalue weighted by Gasteiger charge is -2.21. The van der Waals surface area contributed by atoms with E-state index in [0.717, 1.165) is 18.2 Å². The van der Waals surface area contributed by atoms with Crippen LogP contribution in [-0.4, -0.2) is 0 Å². The number of hydrogen-bond acceptors (Lipinski definition) is 3. The average Bonchev–Trinajstić information content (AvgIpc) is 3.10. The molecule has 0 heterocycles. The van der Waals surface area contributed by atoms with Crippen LogP contribution in [0, 0.1) is 0 Å². The summed E-state index contributed by atoms with van der Waals surface area (Å²) in [4.78, 5) is 0. The summed E-state index contributed by atoms with van der Waals surface area (Å²) < 4.78 is 139. The van der Waals surface area contributed by atoms with Crippen molar-refractivity contribution in [3.63, 3.8) is 0 Å². The van der Waals surface area contributed by atoms with Crippen LogP contribution in [-0.2, 0) is 18.5 Å². The Balaban J connectivity index is 1.32. The highest BCUT2D eigenvalue weighted by atomic mass is 31.1. The Morgan fingerprint density at radius 3 is 0.769 bits per heavy atom. The molecule has 0 N–H and O–H groups in total. The maximum Gasteiger partial charge on any atom is 0.419 e. The summed E-state index contributed by atoms with van der Waals surface area (Å²) in [5.41, 5.74) is -2.83. The largest absolute Gasteiger partial charge is 0.457 e. The number of benzene rings is 6. The zero-order valence-electron chi connectivity index (χ0n) is 26.4. The first kappa shape index (κ1) is 36.3. The summed E-state index contributed by atoms with van der Waals surface area (Å²) in [6.45, 7) is 0. The molecule has 0 atom stereocenters. The maximum atomic E-state index is 13.5. The zero-order valence-corrected chi connectivity index (χ0v) is 27.3. The lowest BCUT2D eigenvalue weighted by Crippen LogP contribution is -2.20. The van der Waals surface area contributed by atoms with Crippen molar-refractivity contribution in [2.45, 2.75) is 18.5 Å². The van der Waals surface area contributed by atoms with E-state index in [4.69, 9.17) is 14.2 Å². The van der Waals surface area contributed by atoms with Gasteiger partial charge in [0, 0.05) is 0 Å². The van der Waals surface area contributed by atoms with E-state index in [1.54, 1.807) is 36.4 Å². The van der Waals surface area contributed by atoms with Crippen LogP contribution in [0.1, 0.15) is 16.7 Å². The molecule has 6 aromatic rings. The van der Waals surface area contributed by atoms with Gasteiger partial charge < -0.3 is 14.2 Å². The van der Waals surface area contributed by atoms with Crippen molar-refractivity contribution < 1.29 is 53.7 Å². The van der Waals surface area contributed by atoms with Crippen LogP contribution in [0.2, 0.25) is 0 Å². The molecule has 0 aliphatic heterocycles. The molecule has 0 saturated carbocycles.